The Labute approximate surface area is 68.4 Å². The van der Waals surface area contributed by atoms with Gasteiger partial charge in [0.25, 0.3) is 0 Å². The van der Waals surface area contributed by atoms with Gasteiger partial charge < -0.3 is 4.74 Å². The second-order valence-electron chi connectivity index (χ2n) is 4.02. The number of allylic oxidation sites excluding steroid dienone is 1. The van der Waals surface area contributed by atoms with E-state index in [9.17, 15) is 0 Å². The zero-order chi connectivity index (χ0) is 7.84. The summed E-state index contributed by atoms with van der Waals surface area (Å²) in [6.45, 7) is 4.40. The first-order valence-electron chi connectivity index (χ1n) is 4.61. The van der Waals surface area contributed by atoms with Gasteiger partial charge in [0.05, 0.1) is 5.76 Å². The Kier molecular flexibility index (Phi) is 1.67. The van der Waals surface area contributed by atoms with Crippen molar-refractivity contribution in [1.82, 2.24) is 0 Å². The Hall–Kier alpha value is -0.460. The molecular formula is C10H16O. The molecule has 1 aliphatic heterocycles. The fourth-order valence-corrected chi connectivity index (χ4v) is 2.26. The minimum atomic E-state index is 0.527. The van der Waals surface area contributed by atoms with Crippen LogP contribution in [0, 0.1) is 11.8 Å². The topological polar surface area (TPSA) is 9.23 Å². The van der Waals surface area contributed by atoms with Crippen LogP contribution in [0.3, 0.4) is 0 Å². The molecule has 2 rings (SSSR count). The molecule has 1 aliphatic carbocycles. The van der Waals surface area contributed by atoms with Crippen molar-refractivity contribution in [3.05, 3.63) is 11.8 Å². The van der Waals surface area contributed by atoms with Gasteiger partial charge in [-0.2, -0.15) is 0 Å². The number of fused-ring (bicyclic) bond motifs is 1. The Bertz CT molecular complexity index is 183. The highest BCUT2D eigenvalue weighted by atomic mass is 16.5. The zero-order valence-corrected chi connectivity index (χ0v) is 7.34. The van der Waals surface area contributed by atoms with E-state index < -0.39 is 0 Å². The van der Waals surface area contributed by atoms with Crippen LogP contribution < -0.4 is 0 Å². The molecule has 0 aromatic heterocycles. The first-order valence-corrected chi connectivity index (χ1v) is 4.61. The Balaban J connectivity index is 2.03. The second kappa shape index (κ2) is 2.54. The second-order valence-corrected chi connectivity index (χ2v) is 4.02. The maximum Gasteiger partial charge on any atom is 0.105 e. The Morgan fingerprint density at radius 3 is 3.09 bits per heavy atom. The summed E-state index contributed by atoms with van der Waals surface area (Å²) in [5.74, 6) is 2.76. The van der Waals surface area contributed by atoms with E-state index in [1.807, 2.05) is 0 Å². The first-order chi connectivity index (χ1) is 5.25. The fraction of sp³-hybridized carbons (Fsp3) is 0.800. The molecule has 0 radical (unpaired) electrons. The van der Waals surface area contributed by atoms with Crippen molar-refractivity contribution in [2.75, 3.05) is 0 Å². The quantitative estimate of drug-likeness (QED) is 0.518. The molecule has 1 nitrogen and oxygen atoms in total. The lowest BCUT2D eigenvalue weighted by atomic mass is 9.81. The summed E-state index contributed by atoms with van der Waals surface area (Å²) in [7, 11) is 0. The summed E-state index contributed by atoms with van der Waals surface area (Å²) < 4.78 is 5.70. The van der Waals surface area contributed by atoms with Gasteiger partial charge in [-0.05, 0) is 38.2 Å². The molecule has 1 saturated carbocycles. The number of rotatable bonds is 0. The molecular weight excluding hydrogens is 136 g/mol. The summed E-state index contributed by atoms with van der Waals surface area (Å²) in [4.78, 5) is 0. The van der Waals surface area contributed by atoms with Crippen LogP contribution >= 0.6 is 0 Å². The van der Waals surface area contributed by atoms with E-state index in [-0.39, 0.29) is 0 Å². The lowest BCUT2D eigenvalue weighted by Gasteiger charge is -2.28. The molecule has 1 heteroatoms. The van der Waals surface area contributed by atoms with Crippen molar-refractivity contribution in [2.24, 2.45) is 11.8 Å². The molecule has 0 spiro atoms. The standard InChI is InChI=1S/C10H16O/c1-7-3-4-9-6-8(2)11-10(9)5-7/h6-7,9-10H,3-5H2,1-2H3. The van der Waals surface area contributed by atoms with Gasteiger partial charge in [-0.15, -0.1) is 0 Å². The van der Waals surface area contributed by atoms with Gasteiger partial charge in [0, 0.05) is 5.92 Å². The molecule has 0 aromatic rings. The molecule has 1 heterocycles. The molecule has 2 aliphatic rings. The van der Waals surface area contributed by atoms with Crippen LogP contribution in [0.25, 0.3) is 0 Å². The number of ether oxygens (including phenoxy) is 1. The summed E-state index contributed by atoms with van der Waals surface area (Å²) >= 11 is 0. The van der Waals surface area contributed by atoms with E-state index in [2.05, 4.69) is 19.9 Å². The van der Waals surface area contributed by atoms with Crippen LogP contribution in [0.15, 0.2) is 11.8 Å². The van der Waals surface area contributed by atoms with Gasteiger partial charge in [0.2, 0.25) is 0 Å². The predicted molar refractivity (Wildman–Crippen MR) is 45.1 cm³/mol. The predicted octanol–water partition coefficient (Wildman–Crippen LogP) is 2.73. The van der Waals surface area contributed by atoms with E-state index in [4.69, 9.17) is 4.74 Å². The minimum absolute atomic E-state index is 0.527. The summed E-state index contributed by atoms with van der Waals surface area (Å²) in [5.41, 5.74) is 0. The van der Waals surface area contributed by atoms with Gasteiger partial charge in [-0.25, -0.2) is 0 Å². The van der Waals surface area contributed by atoms with E-state index in [0.29, 0.717) is 6.10 Å². The third-order valence-electron chi connectivity index (χ3n) is 2.89. The van der Waals surface area contributed by atoms with Crippen molar-refractivity contribution in [1.29, 1.82) is 0 Å². The average molecular weight is 152 g/mol. The minimum Gasteiger partial charge on any atom is -0.495 e. The molecule has 11 heavy (non-hydrogen) atoms. The summed E-state index contributed by atoms with van der Waals surface area (Å²) in [6, 6.07) is 0. The van der Waals surface area contributed by atoms with E-state index >= 15 is 0 Å². The van der Waals surface area contributed by atoms with Gasteiger partial charge in [0.1, 0.15) is 6.10 Å². The van der Waals surface area contributed by atoms with Crippen LogP contribution in [0.1, 0.15) is 33.1 Å². The molecule has 0 saturated heterocycles. The summed E-state index contributed by atoms with van der Waals surface area (Å²) in [6.07, 6.45) is 6.81. The molecule has 0 N–H and O–H groups in total. The van der Waals surface area contributed by atoms with Crippen LogP contribution in [-0.4, -0.2) is 6.10 Å². The Morgan fingerprint density at radius 2 is 2.27 bits per heavy atom. The third-order valence-corrected chi connectivity index (χ3v) is 2.89. The maximum atomic E-state index is 5.70. The zero-order valence-electron chi connectivity index (χ0n) is 7.34. The van der Waals surface area contributed by atoms with Crippen LogP contribution in [0.4, 0.5) is 0 Å². The normalized spacial score (nSPS) is 42.7. The fourth-order valence-electron chi connectivity index (χ4n) is 2.26. The average Bonchev–Trinajstić information content (AvgIpc) is 2.27. The highest BCUT2D eigenvalue weighted by molar-refractivity contribution is 5.05. The van der Waals surface area contributed by atoms with Crippen molar-refractivity contribution in [3.8, 4) is 0 Å². The van der Waals surface area contributed by atoms with E-state index in [1.54, 1.807) is 0 Å². The molecule has 0 aromatic carbocycles. The Morgan fingerprint density at radius 1 is 1.45 bits per heavy atom. The SMILES string of the molecule is CC1=CC2CCC(C)CC2O1. The van der Waals surface area contributed by atoms with Gasteiger partial charge in [-0.3, -0.25) is 0 Å². The van der Waals surface area contributed by atoms with Crippen LogP contribution in [0.2, 0.25) is 0 Å². The number of hydrogen-bond acceptors (Lipinski definition) is 1. The largest absolute Gasteiger partial charge is 0.495 e. The first kappa shape index (κ1) is 7.20. The van der Waals surface area contributed by atoms with E-state index in [0.717, 1.165) is 17.6 Å². The molecule has 0 amide bonds. The van der Waals surface area contributed by atoms with Crippen LogP contribution in [0.5, 0.6) is 0 Å². The van der Waals surface area contributed by atoms with Gasteiger partial charge in [-0.1, -0.05) is 6.92 Å². The lowest BCUT2D eigenvalue weighted by Crippen LogP contribution is -2.25. The molecule has 3 atom stereocenters. The highest BCUT2D eigenvalue weighted by Gasteiger charge is 2.32. The van der Waals surface area contributed by atoms with Gasteiger partial charge in [0.15, 0.2) is 0 Å². The summed E-state index contributed by atoms with van der Waals surface area (Å²) in [5, 5.41) is 0. The maximum absolute atomic E-state index is 5.70. The van der Waals surface area contributed by atoms with Gasteiger partial charge >= 0.3 is 0 Å². The van der Waals surface area contributed by atoms with Crippen molar-refractivity contribution in [2.45, 2.75) is 39.2 Å². The smallest absolute Gasteiger partial charge is 0.105 e. The molecule has 0 bridgehead atoms. The number of hydrogen-bond donors (Lipinski definition) is 0. The third kappa shape index (κ3) is 1.29. The molecule has 3 unspecified atom stereocenters. The van der Waals surface area contributed by atoms with Crippen LogP contribution in [-0.2, 0) is 4.74 Å². The molecule has 62 valence electrons. The highest BCUT2D eigenvalue weighted by Crippen LogP contribution is 2.37. The molecule has 1 fully saturated rings. The van der Waals surface area contributed by atoms with Crippen molar-refractivity contribution >= 4 is 0 Å². The van der Waals surface area contributed by atoms with E-state index in [1.165, 1.54) is 19.3 Å². The lowest BCUT2D eigenvalue weighted by molar-refractivity contribution is 0.0643. The van der Waals surface area contributed by atoms with Crippen molar-refractivity contribution < 1.29 is 4.74 Å². The monoisotopic (exact) mass is 152 g/mol. The van der Waals surface area contributed by atoms with Crippen molar-refractivity contribution in [3.63, 3.8) is 0 Å².